The number of carbonyl (C=O) groups is 1. The van der Waals surface area contributed by atoms with E-state index in [4.69, 9.17) is 11.6 Å². The summed E-state index contributed by atoms with van der Waals surface area (Å²) in [4.78, 5) is 17.9. The van der Waals surface area contributed by atoms with E-state index >= 15 is 0 Å². The maximum absolute atomic E-state index is 10.3. The molecule has 0 aliphatic heterocycles. The van der Waals surface area contributed by atoms with E-state index in [-0.39, 0.29) is 10.7 Å². The molecule has 0 atom stereocenters. The van der Waals surface area contributed by atoms with Crippen molar-refractivity contribution in [1.82, 2.24) is 9.97 Å². The van der Waals surface area contributed by atoms with E-state index in [1.54, 1.807) is 0 Å². The van der Waals surface area contributed by atoms with Gasteiger partial charge in [-0.05, 0) is 31.9 Å². The van der Waals surface area contributed by atoms with Crippen molar-refractivity contribution in [2.24, 2.45) is 0 Å². The van der Waals surface area contributed by atoms with E-state index in [1.165, 1.54) is 0 Å². The Morgan fingerprint density at radius 3 is 2.45 bits per heavy atom. The lowest BCUT2D eigenvalue weighted by atomic mass is 10.4. The fourth-order valence-electron chi connectivity index (χ4n) is 0.490. The second-order valence-corrected chi connectivity index (χ2v) is 3.42. The first-order valence-corrected chi connectivity index (χ1v) is 4.45. The van der Waals surface area contributed by atoms with Gasteiger partial charge >= 0.3 is 0 Å². The molecule has 1 aromatic rings. The van der Waals surface area contributed by atoms with Gasteiger partial charge in [0.15, 0.2) is 11.0 Å². The monoisotopic (exact) mass is 298 g/mol. The van der Waals surface area contributed by atoms with Gasteiger partial charge in [-0.2, -0.15) is 0 Å². The Morgan fingerprint density at radius 1 is 1.36 bits per heavy atom. The molecule has 3 nitrogen and oxygen atoms in total. The van der Waals surface area contributed by atoms with Gasteiger partial charge in [-0.15, -0.1) is 0 Å². The highest BCUT2D eigenvalue weighted by atomic mass is 79.9. The zero-order chi connectivity index (χ0) is 8.43. The quantitative estimate of drug-likeness (QED) is 0.454. The summed E-state index contributed by atoms with van der Waals surface area (Å²) in [5.41, 5.74) is 0.259. The van der Waals surface area contributed by atoms with E-state index in [0.29, 0.717) is 15.6 Å². The third-order valence-corrected chi connectivity index (χ3v) is 2.19. The molecule has 0 radical (unpaired) electrons. The molecule has 0 bridgehead atoms. The lowest BCUT2D eigenvalue weighted by Crippen LogP contribution is -1.92. The van der Waals surface area contributed by atoms with Crippen molar-refractivity contribution in [2.75, 3.05) is 0 Å². The van der Waals surface area contributed by atoms with Gasteiger partial charge in [0.2, 0.25) is 0 Å². The van der Waals surface area contributed by atoms with Gasteiger partial charge in [0.05, 0.1) is 5.56 Å². The number of halogens is 3. The lowest BCUT2D eigenvalue weighted by molar-refractivity contribution is 0.112. The largest absolute Gasteiger partial charge is 0.298 e. The van der Waals surface area contributed by atoms with Crippen molar-refractivity contribution in [2.45, 2.75) is 0 Å². The fraction of sp³-hybridized carbons (Fsp3) is 0. The van der Waals surface area contributed by atoms with Crippen LogP contribution < -0.4 is 0 Å². The van der Waals surface area contributed by atoms with Crippen molar-refractivity contribution >= 4 is 49.7 Å². The van der Waals surface area contributed by atoms with E-state index in [1.807, 2.05) is 0 Å². The van der Waals surface area contributed by atoms with Crippen LogP contribution in [0.2, 0.25) is 5.15 Å². The van der Waals surface area contributed by atoms with Gasteiger partial charge in [-0.3, -0.25) is 4.79 Å². The van der Waals surface area contributed by atoms with Crippen molar-refractivity contribution < 1.29 is 4.79 Å². The lowest BCUT2D eigenvalue weighted by Gasteiger charge is -1.97. The van der Waals surface area contributed by atoms with Crippen LogP contribution in [-0.2, 0) is 0 Å². The summed E-state index contributed by atoms with van der Waals surface area (Å²) in [6, 6.07) is 0. The molecule has 1 heterocycles. The van der Waals surface area contributed by atoms with Crippen molar-refractivity contribution in [3.63, 3.8) is 0 Å². The van der Waals surface area contributed by atoms with Crippen LogP contribution in [0.1, 0.15) is 10.4 Å². The molecule has 0 unspecified atom stereocenters. The predicted octanol–water partition coefficient (Wildman–Crippen LogP) is 2.47. The SMILES string of the molecule is O=Cc1c(Cl)nc(Br)nc1Br. The van der Waals surface area contributed by atoms with Crippen LogP contribution >= 0.6 is 43.5 Å². The van der Waals surface area contributed by atoms with Crippen LogP contribution in [0.5, 0.6) is 0 Å². The summed E-state index contributed by atoms with van der Waals surface area (Å²) >= 11 is 11.7. The van der Waals surface area contributed by atoms with Crippen LogP contribution in [0.3, 0.4) is 0 Å². The predicted molar refractivity (Wildman–Crippen MR) is 47.8 cm³/mol. The summed E-state index contributed by atoms with van der Waals surface area (Å²) in [6.45, 7) is 0. The normalized spacial score (nSPS) is 9.73. The second-order valence-electron chi connectivity index (χ2n) is 1.61. The number of carbonyl (C=O) groups excluding carboxylic acids is 1. The minimum absolute atomic E-state index is 0.133. The number of aromatic nitrogens is 2. The number of hydrogen-bond acceptors (Lipinski definition) is 3. The summed E-state index contributed by atoms with van der Waals surface area (Å²) < 4.78 is 0.736. The molecule has 1 rings (SSSR count). The van der Waals surface area contributed by atoms with Gasteiger partial charge in [0, 0.05) is 0 Å². The minimum Gasteiger partial charge on any atom is -0.298 e. The highest BCUT2D eigenvalue weighted by Crippen LogP contribution is 2.21. The Labute approximate surface area is 84.4 Å². The third kappa shape index (κ3) is 1.98. The van der Waals surface area contributed by atoms with Crippen molar-refractivity contribution in [3.8, 4) is 0 Å². The first kappa shape index (κ1) is 9.09. The van der Waals surface area contributed by atoms with Crippen LogP contribution in [0.25, 0.3) is 0 Å². The second kappa shape index (κ2) is 3.60. The maximum atomic E-state index is 10.3. The highest BCUT2D eigenvalue weighted by Gasteiger charge is 2.07. The molecule has 0 aromatic carbocycles. The van der Waals surface area contributed by atoms with Gasteiger partial charge in [-0.1, -0.05) is 11.6 Å². The molecule has 0 N–H and O–H groups in total. The van der Waals surface area contributed by atoms with Crippen LogP contribution in [0.15, 0.2) is 9.34 Å². The van der Waals surface area contributed by atoms with Crippen molar-refractivity contribution in [1.29, 1.82) is 0 Å². The number of hydrogen-bond donors (Lipinski definition) is 0. The number of rotatable bonds is 1. The first-order valence-electron chi connectivity index (χ1n) is 2.49. The molecule has 0 saturated carbocycles. The highest BCUT2D eigenvalue weighted by molar-refractivity contribution is 9.11. The molecule has 6 heteroatoms. The molecule has 11 heavy (non-hydrogen) atoms. The molecule has 0 amide bonds. The zero-order valence-electron chi connectivity index (χ0n) is 5.01. The van der Waals surface area contributed by atoms with Crippen molar-refractivity contribution in [3.05, 3.63) is 20.1 Å². The Kier molecular flexibility index (Phi) is 2.98. The molecular weight excluding hydrogens is 299 g/mol. The van der Waals surface area contributed by atoms with Gasteiger partial charge < -0.3 is 0 Å². The zero-order valence-corrected chi connectivity index (χ0v) is 8.94. The molecule has 0 fully saturated rings. The number of aldehydes is 1. The van der Waals surface area contributed by atoms with Crippen LogP contribution in [0, 0.1) is 0 Å². The number of nitrogens with zero attached hydrogens (tertiary/aromatic N) is 2. The average molecular weight is 300 g/mol. The standard InChI is InChI=1S/C5HBr2ClN2O/c6-3-2(1-11)4(8)10-5(7)9-3/h1H. The molecule has 0 saturated heterocycles. The smallest absolute Gasteiger partial charge is 0.199 e. The summed E-state index contributed by atoms with van der Waals surface area (Å²) in [6.07, 6.45) is 0.596. The molecular formula is C5HBr2ClN2O. The maximum Gasteiger partial charge on any atom is 0.199 e. The molecule has 58 valence electrons. The van der Waals surface area contributed by atoms with Crippen LogP contribution in [0.4, 0.5) is 0 Å². The minimum atomic E-state index is 0.133. The molecule has 1 aromatic heterocycles. The fourth-order valence-corrected chi connectivity index (χ4v) is 1.96. The third-order valence-electron chi connectivity index (χ3n) is 0.943. The molecule has 0 spiro atoms. The Hall–Kier alpha value is -0.000000000000000167. The summed E-state index contributed by atoms with van der Waals surface area (Å²) in [5.74, 6) is 0. The summed E-state index contributed by atoms with van der Waals surface area (Å²) in [7, 11) is 0. The first-order chi connectivity index (χ1) is 5.15. The Balaban J connectivity index is 3.36. The van der Waals surface area contributed by atoms with E-state index < -0.39 is 0 Å². The van der Waals surface area contributed by atoms with Gasteiger partial charge in [-0.25, -0.2) is 9.97 Å². The van der Waals surface area contributed by atoms with Crippen LogP contribution in [-0.4, -0.2) is 16.3 Å². The Bertz CT molecular complexity index is 282. The molecule has 0 aliphatic carbocycles. The van der Waals surface area contributed by atoms with Gasteiger partial charge in [0.1, 0.15) is 9.76 Å². The Morgan fingerprint density at radius 2 is 2.00 bits per heavy atom. The topological polar surface area (TPSA) is 42.9 Å². The van der Waals surface area contributed by atoms with E-state index in [0.717, 1.165) is 0 Å². The van der Waals surface area contributed by atoms with Gasteiger partial charge in [0.25, 0.3) is 0 Å². The summed E-state index contributed by atoms with van der Waals surface area (Å²) in [5, 5.41) is 0.133. The average Bonchev–Trinajstić information content (AvgIpc) is 1.85. The van der Waals surface area contributed by atoms with E-state index in [9.17, 15) is 4.79 Å². The van der Waals surface area contributed by atoms with E-state index in [2.05, 4.69) is 41.8 Å². The molecule has 0 aliphatic rings.